The summed E-state index contributed by atoms with van der Waals surface area (Å²) in [5.41, 5.74) is 0.527. The lowest BCUT2D eigenvalue weighted by Gasteiger charge is -2.08. The van der Waals surface area contributed by atoms with Crippen molar-refractivity contribution in [3.8, 4) is 5.75 Å². The van der Waals surface area contributed by atoms with E-state index in [4.69, 9.17) is 5.21 Å². The van der Waals surface area contributed by atoms with Crippen molar-refractivity contribution in [3.05, 3.63) is 29.3 Å². The Kier molecular flexibility index (Phi) is 2.98. The first-order valence-corrected chi connectivity index (χ1v) is 3.58. The number of amides is 1. The SMILES string of the molecule is COc1c(F)ccc(F)c1C(=O)NO. The first kappa shape index (κ1) is 10.4. The Morgan fingerprint density at radius 1 is 1.43 bits per heavy atom. The zero-order valence-corrected chi connectivity index (χ0v) is 7.17. The van der Waals surface area contributed by atoms with Gasteiger partial charge in [0.15, 0.2) is 11.6 Å². The van der Waals surface area contributed by atoms with Crippen LogP contribution in [0.3, 0.4) is 0 Å². The van der Waals surface area contributed by atoms with Crippen molar-refractivity contribution >= 4 is 5.91 Å². The Morgan fingerprint density at radius 2 is 2.00 bits per heavy atom. The molecule has 0 saturated carbocycles. The number of halogens is 2. The molecular formula is C8H7F2NO3. The number of nitrogens with one attached hydrogen (secondary N) is 1. The minimum atomic E-state index is -1.17. The molecule has 0 fully saturated rings. The molecule has 0 bridgehead atoms. The van der Waals surface area contributed by atoms with Crippen LogP contribution in [0.15, 0.2) is 12.1 Å². The summed E-state index contributed by atoms with van der Waals surface area (Å²) in [7, 11) is 1.09. The summed E-state index contributed by atoms with van der Waals surface area (Å²) in [5, 5.41) is 8.28. The van der Waals surface area contributed by atoms with Crippen molar-refractivity contribution in [1.82, 2.24) is 5.48 Å². The number of methoxy groups -OCH3 is 1. The monoisotopic (exact) mass is 203 g/mol. The second-order valence-electron chi connectivity index (χ2n) is 2.38. The molecule has 2 N–H and O–H groups in total. The van der Waals surface area contributed by atoms with Crippen molar-refractivity contribution in [2.75, 3.05) is 7.11 Å². The van der Waals surface area contributed by atoms with E-state index in [1.165, 1.54) is 5.48 Å². The predicted molar refractivity (Wildman–Crippen MR) is 42.2 cm³/mol. The molecule has 0 saturated heterocycles. The molecule has 76 valence electrons. The van der Waals surface area contributed by atoms with Crippen LogP contribution in [0.25, 0.3) is 0 Å². The molecule has 0 heterocycles. The summed E-state index contributed by atoms with van der Waals surface area (Å²) >= 11 is 0. The molecule has 1 amide bonds. The van der Waals surface area contributed by atoms with Gasteiger partial charge in [0, 0.05) is 0 Å². The highest BCUT2D eigenvalue weighted by Gasteiger charge is 2.20. The van der Waals surface area contributed by atoms with E-state index in [1.54, 1.807) is 0 Å². The van der Waals surface area contributed by atoms with Gasteiger partial charge >= 0.3 is 0 Å². The molecule has 1 aromatic carbocycles. The van der Waals surface area contributed by atoms with Crippen molar-refractivity contribution in [1.29, 1.82) is 0 Å². The number of hydrogen-bond acceptors (Lipinski definition) is 3. The van der Waals surface area contributed by atoms with Crippen LogP contribution in [-0.2, 0) is 0 Å². The summed E-state index contributed by atoms with van der Waals surface area (Å²) in [6, 6.07) is 1.59. The number of hydroxylamine groups is 1. The molecule has 0 unspecified atom stereocenters. The number of carbonyl (C=O) groups excluding carboxylic acids is 1. The van der Waals surface area contributed by atoms with Gasteiger partial charge in [-0.1, -0.05) is 0 Å². The molecule has 0 aliphatic carbocycles. The molecule has 1 aromatic rings. The van der Waals surface area contributed by atoms with Gasteiger partial charge in [-0.3, -0.25) is 10.0 Å². The second-order valence-corrected chi connectivity index (χ2v) is 2.38. The van der Waals surface area contributed by atoms with E-state index in [2.05, 4.69) is 4.74 Å². The van der Waals surface area contributed by atoms with Crippen molar-refractivity contribution in [2.45, 2.75) is 0 Å². The fourth-order valence-electron chi connectivity index (χ4n) is 1.00. The maximum atomic E-state index is 13.0. The zero-order chi connectivity index (χ0) is 10.7. The van der Waals surface area contributed by atoms with Gasteiger partial charge in [0.2, 0.25) is 0 Å². The predicted octanol–water partition coefficient (Wildman–Crippen LogP) is 1.09. The molecular weight excluding hydrogens is 196 g/mol. The quantitative estimate of drug-likeness (QED) is 0.558. The zero-order valence-electron chi connectivity index (χ0n) is 7.17. The molecule has 0 aliphatic rings. The Morgan fingerprint density at radius 3 is 2.50 bits per heavy atom. The molecule has 0 aliphatic heterocycles. The van der Waals surface area contributed by atoms with Gasteiger partial charge in [0.05, 0.1) is 7.11 Å². The van der Waals surface area contributed by atoms with Crippen molar-refractivity contribution in [3.63, 3.8) is 0 Å². The maximum Gasteiger partial charge on any atom is 0.281 e. The topological polar surface area (TPSA) is 58.6 Å². The van der Waals surface area contributed by atoms with E-state index in [0.717, 1.165) is 19.2 Å². The summed E-state index contributed by atoms with van der Waals surface area (Å²) in [5.74, 6) is -3.57. The maximum absolute atomic E-state index is 13.0. The van der Waals surface area contributed by atoms with Gasteiger partial charge in [-0.15, -0.1) is 0 Å². The average molecular weight is 203 g/mol. The van der Waals surface area contributed by atoms with E-state index in [0.29, 0.717) is 0 Å². The fraction of sp³-hybridized carbons (Fsp3) is 0.125. The molecule has 0 atom stereocenters. The minimum absolute atomic E-state index is 0.545. The van der Waals surface area contributed by atoms with Gasteiger partial charge < -0.3 is 4.74 Å². The number of carbonyl (C=O) groups is 1. The lowest BCUT2D eigenvalue weighted by atomic mass is 10.1. The number of rotatable bonds is 2. The van der Waals surface area contributed by atoms with Crippen molar-refractivity contribution in [2.24, 2.45) is 0 Å². The molecule has 1 rings (SSSR count). The van der Waals surface area contributed by atoms with Gasteiger partial charge in [-0.05, 0) is 12.1 Å². The third kappa shape index (κ3) is 1.64. The van der Waals surface area contributed by atoms with Gasteiger partial charge in [-0.25, -0.2) is 14.3 Å². The lowest BCUT2D eigenvalue weighted by molar-refractivity contribution is 0.0697. The van der Waals surface area contributed by atoms with Crippen LogP contribution in [0.2, 0.25) is 0 Å². The second kappa shape index (κ2) is 4.01. The van der Waals surface area contributed by atoms with Crippen molar-refractivity contribution < 1.29 is 23.5 Å². The molecule has 0 aromatic heterocycles. The summed E-state index contributed by atoms with van der Waals surface area (Å²) < 4.78 is 30.5. The first-order valence-electron chi connectivity index (χ1n) is 3.58. The normalized spacial score (nSPS) is 9.71. The first-order chi connectivity index (χ1) is 6.61. The average Bonchev–Trinajstić information content (AvgIpc) is 2.19. The van der Waals surface area contributed by atoms with Crippen LogP contribution in [0.1, 0.15) is 10.4 Å². The van der Waals surface area contributed by atoms with Crippen LogP contribution in [0.4, 0.5) is 8.78 Å². The Balaban J connectivity index is 3.37. The molecule has 14 heavy (non-hydrogen) atoms. The van der Waals surface area contributed by atoms with E-state index in [1.807, 2.05) is 0 Å². The van der Waals surface area contributed by atoms with Crippen LogP contribution in [0, 0.1) is 11.6 Å². The summed E-state index contributed by atoms with van der Waals surface area (Å²) in [4.78, 5) is 10.9. The lowest BCUT2D eigenvalue weighted by Crippen LogP contribution is -2.21. The van der Waals surface area contributed by atoms with Crippen LogP contribution in [0.5, 0.6) is 5.75 Å². The summed E-state index contributed by atoms with van der Waals surface area (Å²) in [6.45, 7) is 0. The van der Waals surface area contributed by atoms with Crippen LogP contribution >= 0.6 is 0 Å². The number of benzene rings is 1. The largest absolute Gasteiger partial charge is 0.493 e. The molecule has 6 heteroatoms. The highest BCUT2D eigenvalue weighted by Crippen LogP contribution is 2.24. The molecule has 0 radical (unpaired) electrons. The highest BCUT2D eigenvalue weighted by atomic mass is 19.1. The van der Waals surface area contributed by atoms with Gasteiger partial charge in [0.25, 0.3) is 5.91 Å². The van der Waals surface area contributed by atoms with Crippen LogP contribution < -0.4 is 10.2 Å². The van der Waals surface area contributed by atoms with E-state index >= 15 is 0 Å². The number of hydrogen-bond donors (Lipinski definition) is 2. The Labute approximate surface area is 78.1 Å². The number of ether oxygens (including phenoxy) is 1. The fourth-order valence-corrected chi connectivity index (χ4v) is 1.00. The standard InChI is InChI=1S/C8H7F2NO3/c1-14-7-5(10)3-2-4(9)6(7)8(12)11-13/h2-3,13H,1H3,(H,11,12). The minimum Gasteiger partial charge on any atom is -0.493 e. The van der Waals surface area contributed by atoms with E-state index < -0.39 is 28.9 Å². The Hall–Kier alpha value is -1.69. The van der Waals surface area contributed by atoms with Gasteiger partial charge in [-0.2, -0.15) is 0 Å². The Bertz CT molecular complexity index is 368. The van der Waals surface area contributed by atoms with E-state index in [-0.39, 0.29) is 0 Å². The molecule has 0 spiro atoms. The molecule has 4 nitrogen and oxygen atoms in total. The van der Waals surface area contributed by atoms with Crippen LogP contribution in [-0.4, -0.2) is 18.2 Å². The summed E-state index contributed by atoms with van der Waals surface area (Å²) in [6.07, 6.45) is 0. The smallest absolute Gasteiger partial charge is 0.281 e. The van der Waals surface area contributed by atoms with E-state index in [9.17, 15) is 13.6 Å². The van der Waals surface area contributed by atoms with Gasteiger partial charge in [0.1, 0.15) is 11.4 Å². The highest BCUT2D eigenvalue weighted by molar-refractivity contribution is 5.96. The third-order valence-corrected chi connectivity index (χ3v) is 1.59. The third-order valence-electron chi connectivity index (χ3n) is 1.59.